The Labute approximate surface area is 100 Å². The van der Waals surface area contributed by atoms with Crippen LogP contribution in [0.2, 0.25) is 0 Å². The molecule has 0 saturated heterocycles. The van der Waals surface area contributed by atoms with Crippen molar-refractivity contribution >= 4 is 5.91 Å². The summed E-state index contributed by atoms with van der Waals surface area (Å²) in [5, 5.41) is 0. The normalized spacial score (nSPS) is 13.9. The first-order valence-corrected chi connectivity index (χ1v) is 5.80. The molecule has 17 heavy (non-hydrogen) atoms. The number of halogens is 3. The fourth-order valence-electron chi connectivity index (χ4n) is 1.74. The van der Waals surface area contributed by atoms with Gasteiger partial charge in [0.25, 0.3) is 0 Å². The van der Waals surface area contributed by atoms with E-state index in [2.05, 4.69) is 0 Å². The summed E-state index contributed by atoms with van der Waals surface area (Å²) in [4.78, 5) is 13.2. The van der Waals surface area contributed by atoms with Crippen molar-refractivity contribution in [1.29, 1.82) is 0 Å². The molecule has 0 aliphatic heterocycles. The third-order valence-electron chi connectivity index (χ3n) is 2.68. The van der Waals surface area contributed by atoms with Gasteiger partial charge in [-0.15, -0.1) is 0 Å². The zero-order valence-corrected chi connectivity index (χ0v) is 10.5. The molecule has 0 radical (unpaired) electrons. The van der Waals surface area contributed by atoms with E-state index in [9.17, 15) is 18.0 Å². The molecular weight excluding hydrogens is 233 g/mol. The minimum absolute atomic E-state index is 0.0642. The second-order valence-electron chi connectivity index (χ2n) is 4.29. The van der Waals surface area contributed by atoms with Crippen molar-refractivity contribution in [2.45, 2.75) is 45.8 Å². The SMILES string of the molecule is CCN(C(=O)CC(CCN)C(F)(F)F)C(C)C. The van der Waals surface area contributed by atoms with Crippen molar-refractivity contribution in [3.8, 4) is 0 Å². The quantitative estimate of drug-likeness (QED) is 0.789. The van der Waals surface area contributed by atoms with Crippen molar-refractivity contribution in [3.63, 3.8) is 0 Å². The number of alkyl halides is 3. The highest BCUT2D eigenvalue weighted by Crippen LogP contribution is 2.31. The minimum Gasteiger partial charge on any atom is -0.341 e. The zero-order chi connectivity index (χ0) is 13.6. The largest absolute Gasteiger partial charge is 0.392 e. The van der Waals surface area contributed by atoms with Gasteiger partial charge < -0.3 is 10.6 Å². The standard InChI is InChI=1S/C11H21F3N2O/c1-4-16(8(2)3)10(17)7-9(5-6-15)11(12,13)14/h8-9H,4-7,15H2,1-3H3. The van der Waals surface area contributed by atoms with Crippen LogP contribution >= 0.6 is 0 Å². The summed E-state index contributed by atoms with van der Waals surface area (Å²) in [7, 11) is 0. The molecule has 0 rings (SSSR count). The smallest absolute Gasteiger partial charge is 0.341 e. The van der Waals surface area contributed by atoms with E-state index in [1.165, 1.54) is 4.90 Å². The Balaban J connectivity index is 4.60. The number of carbonyl (C=O) groups is 1. The Morgan fingerprint density at radius 2 is 1.88 bits per heavy atom. The Bertz CT molecular complexity index is 241. The van der Waals surface area contributed by atoms with Gasteiger partial charge in [0.1, 0.15) is 0 Å². The molecule has 0 aromatic rings. The predicted octanol–water partition coefficient (Wildman–Crippen LogP) is 2.16. The van der Waals surface area contributed by atoms with E-state index in [1.54, 1.807) is 20.8 Å². The summed E-state index contributed by atoms with van der Waals surface area (Å²) >= 11 is 0. The van der Waals surface area contributed by atoms with Crippen LogP contribution in [-0.2, 0) is 4.79 Å². The summed E-state index contributed by atoms with van der Waals surface area (Å²) in [6.45, 7) is 5.68. The summed E-state index contributed by atoms with van der Waals surface area (Å²) in [6, 6.07) is -0.0840. The summed E-state index contributed by atoms with van der Waals surface area (Å²) in [5.41, 5.74) is 5.15. The fourth-order valence-corrected chi connectivity index (χ4v) is 1.74. The summed E-state index contributed by atoms with van der Waals surface area (Å²) in [6.07, 6.45) is -5.07. The first-order chi connectivity index (χ1) is 7.73. The van der Waals surface area contributed by atoms with E-state index in [1.807, 2.05) is 0 Å². The van der Waals surface area contributed by atoms with E-state index in [-0.39, 0.29) is 19.0 Å². The second-order valence-corrected chi connectivity index (χ2v) is 4.29. The Hall–Kier alpha value is -0.780. The van der Waals surface area contributed by atoms with Crippen molar-refractivity contribution in [3.05, 3.63) is 0 Å². The molecule has 0 spiro atoms. The van der Waals surface area contributed by atoms with Crippen LogP contribution < -0.4 is 5.73 Å². The van der Waals surface area contributed by atoms with Gasteiger partial charge in [-0.2, -0.15) is 13.2 Å². The van der Waals surface area contributed by atoms with E-state index in [4.69, 9.17) is 5.73 Å². The number of hydrogen-bond donors (Lipinski definition) is 1. The van der Waals surface area contributed by atoms with Crippen LogP contribution in [0.4, 0.5) is 13.2 Å². The van der Waals surface area contributed by atoms with Crippen LogP contribution in [0.1, 0.15) is 33.6 Å². The maximum atomic E-state index is 12.6. The van der Waals surface area contributed by atoms with Gasteiger partial charge in [-0.05, 0) is 33.7 Å². The number of nitrogens with two attached hydrogens (primary N) is 1. The molecule has 0 aromatic carbocycles. The molecule has 0 aliphatic carbocycles. The maximum absolute atomic E-state index is 12.6. The fraction of sp³-hybridized carbons (Fsp3) is 0.909. The molecule has 6 heteroatoms. The lowest BCUT2D eigenvalue weighted by Gasteiger charge is -2.28. The Morgan fingerprint density at radius 1 is 1.35 bits per heavy atom. The monoisotopic (exact) mass is 254 g/mol. The number of nitrogens with zero attached hydrogens (tertiary/aromatic N) is 1. The van der Waals surface area contributed by atoms with Crippen molar-refractivity contribution in [1.82, 2.24) is 4.90 Å². The molecule has 1 unspecified atom stereocenters. The minimum atomic E-state index is -4.36. The number of amides is 1. The van der Waals surface area contributed by atoms with Gasteiger partial charge in [0, 0.05) is 19.0 Å². The molecule has 1 amide bonds. The van der Waals surface area contributed by atoms with Gasteiger partial charge >= 0.3 is 6.18 Å². The molecule has 0 heterocycles. The maximum Gasteiger partial charge on any atom is 0.392 e. The molecule has 3 nitrogen and oxygen atoms in total. The highest BCUT2D eigenvalue weighted by Gasteiger charge is 2.40. The molecule has 0 fully saturated rings. The van der Waals surface area contributed by atoms with Crippen molar-refractivity contribution in [2.24, 2.45) is 11.7 Å². The Morgan fingerprint density at radius 3 is 2.18 bits per heavy atom. The van der Waals surface area contributed by atoms with Crippen LogP contribution in [-0.4, -0.2) is 36.1 Å². The summed E-state index contributed by atoms with van der Waals surface area (Å²) < 4.78 is 37.8. The lowest BCUT2D eigenvalue weighted by atomic mass is 9.99. The Kier molecular flexibility index (Phi) is 6.52. The third-order valence-corrected chi connectivity index (χ3v) is 2.68. The highest BCUT2D eigenvalue weighted by molar-refractivity contribution is 5.76. The van der Waals surface area contributed by atoms with E-state index >= 15 is 0 Å². The van der Waals surface area contributed by atoms with Crippen LogP contribution in [0.25, 0.3) is 0 Å². The van der Waals surface area contributed by atoms with E-state index < -0.39 is 24.4 Å². The zero-order valence-electron chi connectivity index (χ0n) is 10.5. The molecule has 2 N–H and O–H groups in total. The molecule has 1 atom stereocenters. The van der Waals surface area contributed by atoms with Crippen LogP contribution in [0.15, 0.2) is 0 Å². The molecule has 0 aromatic heterocycles. The van der Waals surface area contributed by atoms with Gasteiger partial charge in [-0.25, -0.2) is 0 Å². The van der Waals surface area contributed by atoms with Crippen LogP contribution in [0, 0.1) is 5.92 Å². The van der Waals surface area contributed by atoms with Crippen molar-refractivity contribution < 1.29 is 18.0 Å². The number of carbonyl (C=O) groups excluding carboxylic acids is 1. The summed E-state index contributed by atoms with van der Waals surface area (Å²) in [5.74, 6) is -2.09. The average molecular weight is 254 g/mol. The van der Waals surface area contributed by atoms with Gasteiger partial charge in [-0.1, -0.05) is 0 Å². The van der Waals surface area contributed by atoms with Crippen LogP contribution in [0.5, 0.6) is 0 Å². The van der Waals surface area contributed by atoms with Gasteiger partial charge in [-0.3, -0.25) is 4.79 Å². The average Bonchev–Trinajstić information content (AvgIpc) is 2.16. The van der Waals surface area contributed by atoms with Gasteiger partial charge in [0.15, 0.2) is 0 Å². The lowest BCUT2D eigenvalue weighted by molar-refractivity contribution is -0.182. The van der Waals surface area contributed by atoms with Gasteiger partial charge in [0.2, 0.25) is 5.91 Å². The topological polar surface area (TPSA) is 46.3 Å². The third kappa shape index (κ3) is 5.39. The first-order valence-electron chi connectivity index (χ1n) is 5.80. The molecular formula is C11H21F3N2O. The second kappa shape index (κ2) is 6.83. The highest BCUT2D eigenvalue weighted by atomic mass is 19.4. The van der Waals surface area contributed by atoms with E-state index in [0.717, 1.165) is 0 Å². The lowest BCUT2D eigenvalue weighted by Crippen LogP contribution is -2.40. The molecule has 0 bridgehead atoms. The number of hydrogen-bond acceptors (Lipinski definition) is 2. The first kappa shape index (κ1) is 16.2. The van der Waals surface area contributed by atoms with Crippen LogP contribution in [0.3, 0.4) is 0 Å². The predicted molar refractivity (Wildman–Crippen MR) is 60.4 cm³/mol. The van der Waals surface area contributed by atoms with Gasteiger partial charge in [0.05, 0.1) is 5.92 Å². The molecule has 0 saturated carbocycles. The molecule has 0 aliphatic rings. The molecule has 102 valence electrons. The van der Waals surface area contributed by atoms with E-state index in [0.29, 0.717) is 6.54 Å². The van der Waals surface area contributed by atoms with Crippen molar-refractivity contribution in [2.75, 3.05) is 13.1 Å². The number of rotatable bonds is 6.